The molecule has 2 rings (SSSR count). The van der Waals surface area contributed by atoms with Crippen LogP contribution in [0, 0.1) is 0 Å². The van der Waals surface area contributed by atoms with Crippen LogP contribution >= 0.6 is 0 Å². The van der Waals surface area contributed by atoms with Crippen molar-refractivity contribution in [2.75, 3.05) is 7.11 Å². The summed E-state index contributed by atoms with van der Waals surface area (Å²) in [6.45, 7) is 0. The molecular weight excluding hydrogens is 194 g/mol. The molecule has 0 radical (unpaired) electrons. The number of hydrogen-bond acceptors (Lipinski definition) is 4. The monoisotopic (exact) mass is 205 g/mol. The summed E-state index contributed by atoms with van der Waals surface area (Å²) < 4.78 is 4.60. The molecule has 4 heteroatoms. The second-order valence-electron chi connectivity index (χ2n) is 3.35. The number of aromatic nitrogens is 1. The fraction of sp³-hybridized carbons (Fsp3) is 0.273. The van der Waals surface area contributed by atoms with Gasteiger partial charge >= 0.3 is 5.97 Å². The number of aliphatic hydroxyl groups is 1. The van der Waals surface area contributed by atoms with Crippen LogP contribution in [-0.4, -0.2) is 23.2 Å². The Labute approximate surface area is 87.2 Å². The van der Waals surface area contributed by atoms with E-state index in [1.807, 2.05) is 0 Å². The molecule has 1 aliphatic rings. The summed E-state index contributed by atoms with van der Waals surface area (Å²) in [4.78, 5) is 15.3. The smallest absolute Gasteiger partial charge is 0.337 e. The summed E-state index contributed by atoms with van der Waals surface area (Å²) in [6, 6.07) is 1.70. The summed E-state index contributed by atoms with van der Waals surface area (Å²) in [5.41, 5.74) is 1.98. The molecule has 0 amide bonds. The molecule has 0 atom stereocenters. The van der Waals surface area contributed by atoms with Crippen molar-refractivity contribution in [1.82, 2.24) is 4.98 Å². The number of esters is 1. The van der Waals surface area contributed by atoms with Gasteiger partial charge in [0.1, 0.15) is 5.76 Å². The van der Waals surface area contributed by atoms with Crippen LogP contribution in [0.5, 0.6) is 0 Å². The number of pyridine rings is 1. The minimum atomic E-state index is -0.463. The molecule has 0 aliphatic heterocycles. The van der Waals surface area contributed by atoms with Gasteiger partial charge < -0.3 is 9.84 Å². The van der Waals surface area contributed by atoms with Crippen molar-refractivity contribution in [2.24, 2.45) is 0 Å². The topological polar surface area (TPSA) is 59.4 Å². The third-order valence-electron chi connectivity index (χ3n) is 2.52. The van der Waals surface area contributed by atoms with Crippen molar-refractivity contribution in [1.29, 1.82) is 0 Å². The zero-order valence-electron chi connectivity index (χ0n) is 8.36. The Morgan fingerprint density at radius 1 is 1.53 bits per heavy atom. The van der Waals surface area contributed by atoms with Gasteiger partial charge in [-0.1, -0.05) is 0 Å². The van der Waals surface area contributed by atoms with E-state index >= 15 is 0 Å². The summed E-state index contributed by atoms with van der Waals surface area (Å²) in [5.74, 6) is -0.444. The number of carbonyl (C=O) groups excluding carboxylic acids is 1. The zero-order valence-corrected chi connectivity index (χ0v) is 8.36. The van der Waals surface area contributed by atoms with E-state index in [-0.39, 0.29) is 5.76 Å². The predicted molar refractivity (Wildman–Crippen MR) is 54.1 cm³/mol. The van der Waals surface area contributed by atoms with Gasteiger partial charge in [0.15, 0.2) is 0 Å². The van der Waals surface area contributed by atoms with Crippen LogP contribution in [0.3, 0.4) is 0 Å². The Morgan fingerprint density at radius 2 is 2.33 bits per heavy atom. The summed E-state index contributed by atoms with van der Waals surface area (Å²) in [6.07, 6.45) is 4.50. The van der Waals surface area contributed by atoms with Crippen LogP contribution in [0.2, 0.25) is 0 Å². The minimum absolute atomic E-state index is 0.0190. The number of hydrogen-bond donors (Lipinski definition) is 1. The summed E-state index contributed by atoms with van der Waals surface area (Å²) >= 11 is 0. The van der Waals surface area contributed by atoms with E-state index in [0.29, 0.717) is 24.0 Å². The molecule has 0 spiro atoms. The number of nitrogens with zero attached hydrogens (tertiary/aromatic N) is 1. The van der Waals surface area contributed by atoms with Crippen molar-refractivity contribution in [3.05, 3.63) is 35.2 Å². The van der Waals surface area contributed by atoms with Crippen molar-refractivity contribution in [3.8, 4) is 0 Å². The molecular formula is C11H11NO3. The molecule has 0 fully saturated rings. The van der Waals surface area contributed by atoms with Crippen LogP contribution in [-0.2, 0) is 16.0 Å². The van der Waals surface area contributed by atoms with Crippen LogP contribution in [0.1, 0.15) is 17.5 Å². The largest absolute Gasteiger partial charge is 0.507 e. The van der Waals surface area contributed by atoms with Crippen molar-refractivity contribution < 1.29 is 14.6 Å². The lowest BCUT2D eigenvalue weighted by Gasteiger charge is -2.17. The van der Waals surface area contributed by atoms with Gasteiger partial charge in [0, 0.05) is 18.0 Å². The molecule has 0 bridgehead atoms. The SMILES string of the molecule is COC(=O)C1=C(O)c2ccncc2CC1. The second-order valence-corrected chi connectivity index (χ2v) is 3.35. The number of fused-ring (bicyclic) bond motifs is 1. The maximum absolute atomic E-state index is 11.3. The molecule has 15 heavy (non-hydrogen) atoms. The number of rotatable bonds is 1. The van der Waals surface area contributed by atoms with Crippen LogP contribution in [0.25, 0.3) is 5.76 Å². The normalized spacial score (nSPS) is 14.7. The first kappa shape index (κ1) is 9.71. The third kappa shape index (κ3) is 1.58. The van der Waals surface area contributed by atoms with Gasteiger partial charge in [-0.2, -0.15) is 0 Å². The highest BCUT2D eigenvalue weighted by Gasteiger charge is 2.23. The van der Waals surface area contributed by atoms with E-state index in [4.69, 9.17) is 0 Å². The third-order valence-corrected chi connectivity index (χ3v) is 2.52. The summed E-state index contributed by atoms with van der Waals surface area (Å²) in [5, 5.41) is 9.87. The molecule has 1 aliphatic carbocycles. The minimum Gasteiger partial charge on any atom is -0.507 e. The van der Waals surface area contributed by atoms with Crippen molar-refractivity contribution >= 4 is 11.7 Å². The number of methoxy groups -OCH3 is 1. The number of aliphatic hydroxyl groups excluding tert-OH is 1. The van der Waals surface area contributed by atoms with E-state index in [2.05, 4.69) is 9.72 Å². The van der Waals surface area contributed by atoms with E-state index in [1.165, 1.54) is 7.11 Å². The van der Waals surface area contributed by atoms with E-state index in [9.17, 15) is 9.90 Å². The van der Waals surface area contributed by atoms with Gasteiger partial charge in [-0.25, -0.2) is 4.79 Å². The predicted octanol–water partition coefficient (Wildman–Crippen LogP) is 1.47. The molecule has 0 saturated heterocycles. The Kier molecular flexibility index (Phi) is 2.41. The fourth-order valence-electron chi connectivity index (χ4n) is 1.72. The molecule has 1 N–H and O–H groups in total. The zero-order chi connectivity index (χ0) is 10.8. The summed E-state index contributed by atoms with van der Waals surface area (Å²) in [7, 11) is 1.31. The highest BCUT2D eigenvalue weighted by Crippen LogP contribution is 2.29. The van der Waals surface area contributed by atoms with Gasteiger partial charge in [0.05, 0.1) is 12.7 Å². The lowest BCUT2D eigenvalue weighted by atomic mass is 9.92. The maximum Gasteiger partial charge on any atom is 0.337 e. The first-order valence-electron chi connectivity index (χ1n) is 4.67. The van der Waals surface area contributed by atoms with Crippen LogP contribution < -0.4 is 0 Å². The first-order valence-corrected chi connectivity index (χ1v) is 4.67. The second kappa shape index (κ2) is 3.73. The Hall–Kier alpha value is -1.84. The maximum atomic E-state index is 11.3. The Morgan fingerprint density at radius 3 is 3.07 bits per heavy atom. The number of carbonyl (C=O) groups is 1. The average Bonchev–Trinajstić information content (AvgIpc) is 2.29. The quantitative estimate of drug-likeness (QED) is 0.705. The van der Waals surface area contributed by atoms with Gasteiger partial charge in [-0.05, 0) is 24.5 Å². The number of aryl methyl sites for hydroxylation is 1. The van der Waals surface area contributed by atoms with Crippen LogP contribution in [0.4, 0.5) is 0 Å². The van der Waals surface area contributed by atoms with Gasteiger partial charge in [-0.15, -0.1) is 0 Å². The standard InChI is InChI=1S/C11H11NO3/c1-15-11(14)9-3-2-7-6-12-5-4-8(7)10(9)13/h4-6,13H,2-3H2,1H3. The molecule has 1 aromatic heterocycles. The van der Waals surface area contributed by atoms with E-state index < -0.39 is 5.97 Å². The first-order chi connectivity index (χ1) is 7.24. The average molecular weight is 205 g/mol. The van der Waals surface area contributed by atoms with Gasteiger partial charge in [-0.3, -0.25) is 4.98 Å². The van der Waals surface area contributed by atoms with E-state index in [1.54, 1.807) is 18.5 Å². The van der Waals surface area contributed by atoms with Crippen molar-refractivity contribution in [2.45, 2.75) is 12.8 Å². The molecule has 0 aromatic carbocycles. The Balaban J connectivity index is 2.49. The van der Waals surface area contributed by atoms with Gasteiger partial charge in [0.25, 0.3) is 0 Å². The number of ether oxygens (including phenoxy) is 1. The molecule has 0 unspecified atom stereocenters. The molecule has 78 valence electrons. The fourth-order valence-corrected chi connectivity index (χ4v) is 1.72. The highest BCUT2D eigenvalue weighted by molar-refractivity contribution is 5.96. The molecule has 0 saturated carbocycles. The molecule has 4 nitrogen and oxygen atoms in total. The Bertz CT molecular complexity index is 437. The van der Waals surface area contributed by atoms with E-state index in [0.717, 1.165) is 5.56 Å². The highest BCUT2D eigenvalue weighted by atomic mass is 16.5. The van der Waals surface area contributed by atoms with Crippen molar-refractivity contribution in [3.63, 3.8) is 0 Å². The van der Waals surface area contributed by atoms with Crippen LogP contribution in [0.15, 0.2) is 24.0 Å². The van der Waals surface area contributed by atoms with Gasteiger partial charge in [0.2, 0.25) is 0 Å². The molecule has 1 aromatic rings. The lowest BCUT2D eigenvalue weighted by molar-refractivity contribution is -0.136. The lowest BCUT2D eigenvalue weighted by Crippen LogP contribution is -2.13. The molecule has 1 heterocycles.